The average Bonchev–Trinajstić information content (AvgIpc) is 2.95. The number of rotatable bonds is 6. The first-order chi connectivity index (χ1) is 9.99. The zero-order chi connectivity index (χ0) is 15.3. The van der Waals surface area contributed by atoms with E-state index in [1.165, 1.54) is 24.1 Å². The minimum Gasteiger partial charge on any atom is -0.468 e. The molecule has 0 unspecified atom stereocenters. The smallest absolute Gasteiger partial charge is 0.451 e. The molecular weight excluding hydrogens is 303 g/mol. The molecule has 1 N–H and O–H groups in total. The molecule has 0 saturated heterocycles. The van der Waals surface area contributed by atoms with Crippen molar-refractivity contribution in [2.24, 2.45) is 0 Å². The Kier molecular flexibility index (Phi) is 5.11. The molecule has 4 nitrogen and oxygen atoms in total. The van der Waals surface area contributed by atoms with Gasteiger partial charge in [-0.2, -0.15) is 13.2 Å². The number of hydrogen-bond acceptors (Lipinski definition) is 5. The largest absolute Gasteiger partial charge is 0.468 e. The van der Waals surface area contributed by atoms with E-state index in [1.807, 2.05) is 6.92 Å². The first-order valence-electron chi connectivity index (χ1n) is 6.34. The molecule has 0 fully saturated rings. The molecule has 0 amide bonds. The number of halogens is 3. The molecule has 2 rings (SSSR count). The molecule has 0 aromatic carbocycles. The number of alkyl halides is 3. The third-order valence-electron chi connectivity index (χ3n) is 2.45. The molecule has 0 aliphatic carbocycles. The second-order valence-corrected chi connectivity index (χ2v) is 5.20. The van der Waals surface area contributed by atoms with Crippen LogP contribution >= 0.6 is 11.8 Å². The van der Waals surface area contributed by atoms with Gasteiger partial charge in [0.2, 0.25) is 5.82 Å². The van der Waals surface area contributed by atoms with Crippen molar-refractivity contribution in [1.82, 2.24) is 9.97 Å². The van der Waals surface area contributed by atoms with Crippen LogP contribution in [0.2, 0.25) is 0 Å². The Bertz CT molecular complexity index is 573. The third-order valence-corrected chi connectivity index (χ3v) is 3.39. The van der Waals surface area contributed by atoms with Crippen LogP contribution in [0.3, 0.4) is 0 Å². The number of nitrogens with one attached hydrogen (secondary N) is 1. The van der Waals surface area contributed by atoms with Gasteiger partial charge in [-0.05, 0) is 18.6 Å². The quantitative estimate of drug-likeness (QED) is 0.639. The summed E-state index contributed by atoms with van der Waals surface area (Å²) in [6.45, 7) is 2.47. The molecule has 2 aromatic heterocycles. The van der Waals surface area contributed by atoms with Crippen LogP contribution in [-0.4, -0.2) is 16.5 Å². The summed E-state index contributed by atoms with van der Waals surface area (Å²) < 4.78 is 43.6. The SMILES string of the molecule is CCCNc1cc(SCc2ccco2)nc(C(F)(F)F)n1. The molecule has 0 saturated carbocycles. The number of thioether (sulfide) groups is 1. The maximum absolute atomic E-state index is 12.8. The minimum absolute atomic E-state index is 0.182. The van der Waals surface area contributed by atoms with E-state index in [2.05, 4.69) is 15.3 Å². The Hall–Kier alpha value is -1.70. The summed E-state index contributed by atoms with van der Waals surface area (Å²) in [6, 6.07) is 5.00. The maximum atomic E-state index is 12.8. The fourth-order valence-electron chi connectivity index (χ4n) is 1.51. The van der Waals surface area contributed by atoms with Crippen LogP contribution in [0.5, 0.6) is 0 Å². The zero-order valence-electron chi connectivity index (χ0n) is 11.3. The van der Waals surface area contributed by atoms with E-state index < -0.39 is 12.0 Å². The Labute approximate surface area is 124 Å². The molecule has 0 spiro atoms. The minimum atomic E-state index is -4.57. The standard InChI is InChI=1S/C13H14F3N3OS/c1-2-5-17-10-7-11(19-12(18-10)13(14,15)16)21-8-9-4-3-6-20-9/h3-4,6-7H,2,5,8H2,1H3,(H,17,18,19). The summed E-state index contributed by atoms with van der Waals surface area (Å²) in [5.41, 5.74) is 0. The van der Waals surface area contributed by atoms with E-state index in [0.717, 1.165) is 6.42 Å². The maximum Gasteiger partial charge on any atom is 0.451 e. The molecule has 0 atom stereocenters. The first-order valence-corrected chi connectivity index (χ1v) is 7.33. The summed E-state index contributed by atoms with van der Waals surface area (Å²) in [7, 11) is 0. The van der Waals surface area contributed by atoms with Crippen molar-refractivity contribution in [1.29, 1.82) is 0 Å². The van der Waals surface area contributed by atoms with Crippen molar-refractivity contribution in [3.8, 4) is 0 Å². The lowest BCUT2D eigenvalue weighted by atomic mass is 10.4. The summed E-state index contributed by atoms with van der Waals surface area (Å²) in [4.78, 5) is 7.06. The van der Waals surface area contributed by atoms with Gasteiger partial charge in [-0.1, -0.05) is 18.7 Å². The number of aromatic nitrogens is 2. The van der Waals surface area contributed by atoms with Gasteiger partial charge in [0.25, 0.3) is 0 Å². The van der Waals surface area contributed by atoms with Crippen LogP contribution < -0.4 is 5.32 Å². The average molecular weight is 317 g/mol. The first kappa shape index (κ1) is 15.7. The fourth-order valence-corrected chi connectivity index (χ4v) is 2.31. The van der Waals surface area contributed by atoms with Crippen molar-refractivity contribution in [3.63, 3.8) is 0 Å². The van der Waals surface area contributed by atoms with Crippen LogP contribution in [0.1, 0.15) is 24.9 Å². The van der Waals surface area contributed by atoms with Gasteiger partial charge in [0, 0.05) is 12.6 Å². The van der Waals surface area contributed by atoms with E-state index in [9.17, 15) is 13.2 Å². The molecule has 2 aromatic rings. The van der Waals surface area contributed by atoms with Gasteiger partial charge in [0.1, 0.15) is 16.6 Å². The van der Waals surface area contributed by atoms with Gasteiger partial charge in [-0.3, -0.25) is 0 Å². The highest BCUT2D eigenvalue weighted by molar-refractivity contribution is 7.98. The molecule has 0 aliphatic rings. The Morgan fingerprint density at radius 1 is 1.33 bits per heavy atom. The topological polar surface area (TPSA) is 51.0 Å². The van der Waals surface area contributed by atoms with Crippen LogP contribution in [0.15, 0.2) is 33.9 Å². The molecule has 8 heteroatoms. The van der Waals surface area contributed by atoms with Gasteiger partial charge in [0.15, 0.2) is 0 Å². The predicted octanol–water partition coefficient (Wildman–Crippen LogP) is 4.20. The van der Waals surface area contributed by atoms with Crippen LogP contribution in [-0.2, 0) is 11.9 Å². The summed E-state index contributed by atoms with van der Waals surface area (Å²) in [5.74, 6) is 0.135. The number of anilines is 1. The van der Waals surface area contributed by atoms with Crippen molar-refractivity contribution in [2.75, 3.05) is 11.9 Å². The van der Waals surface area contributed by atoms with E-state index in [4.69, 9.17) is 4.42 Å². The summed E-state index contributed by atoms with van der Waals surface area (Å²) in [6.07, 6.45) is -2.25. The highest BCUT2D eigenvalue weighted by Gasteiger charge is 2.35. The summed E-state index contributed by atoms with van der Waals surface area (Å²) in [5, 5.41) is 3.11. The Morgan fingerprint density at radius 2 is 2.14 bits per heavy atom. The van der Waals surface area contributed by atoms with E-state index >= 15 is 0 Å². The number of hydrogen-bond donors (Lipinski definition) is 1. The highest BCUT2D eigenvalue weighted by Crippen LogP contribution is 2.30. The van der Waals surface area contributed by atoms with Crippen molar-refractivity contribution >= 4 is 17.6 Å². The third kappa shape index (κ3) is 4.66. The van der Waals surface area contributed by atoms with Crippen molar-refractivity contribution < 1.29 is 17.6 Å². The van der Waals surface area contributed by atoms with Gasteiger partial charge in [0.05, 0.1) is 12.0 Å². The van der Waals surface area contributed by atoms with Gasteiger partial charge in [-0.15, -0.1) is 0 Å². The molecule has 21 heavy (non-hydrogen) atoms. The van der Waals surface area contributed by atoms with Crippen molar-refractivity contribution in [3.05, 3.63) is 36.0 Å². The molecule has 2 heterocycles. The number of nitrogens with zero attached hydrogens (tertiary/aromatic N) is 2. The van der Waals surface area contributed by atoms with Gasteiger partial charge in [-0.25, -0.2) is 9.97 Å². The second kappa shape index (κ2) is 6.84. The monoisotopic (exact) mass is 317 g/mol. The molecule has 0 aliphatic heterocycles. The second-order valence-electron chi connectivity index (χ2n) is 4.21. The van der Waals surface area contributed by atoms with E-state index in [1.54, 1.807) is 12.1 Å². The van der Waals surface area contributed by atoms with Gasteiger partial charge < -0.3 is 9.73 Å². The lowest BCUT2D eigenvalue weighted by Crippen LogP contribution is -2.14. The molecule has 0 radical (unpaired) electrons. The normalized spacial score (nSPS) is 11.6. The molecule has 0 bridgehead atoms. The lowest BCUT2D eigenvalue weighted by Gasteiger charge is -2.10. The van der Waals surface area contributed by atoms with Crippen LogP contribution in [0.25, 0.3) is 0 Å². The van der Waals surface area contributed by atoms with Gasteiger partial charge >= 0.3 is 6.18 Å². The number of furan rings is 1. The van der Waals surface area contributed by atoms with Crippen LogP contribution in [0, 0.1) is 0 Å². The Morgan fingerprint density at radius 3 is 2.76 bits per heavy atom. The molecular formula is C13H14F3N3OS. The van der Waals surface area contributed by atoms with Crippen molar-refractivity contribution in [2.45, 2.75) is 30.3 Å². The lowest BCUT2D eigenvalue weighted by molar-refractivity contribution is -0.145. The Balaban J connectivity index is 2.17. The highest BCUT2D eigenvalue weighted by atomic mass is 32.2. The molecule has 114 valence electrons. The predicted molar refractivity (Wildman–Crippen MR) is 74.1 cm³/mol. The van der Waals surface area contributed by atoms with E-state index in [-0.39, 0.29) is 10.8 Å². The zero-order valence-corrected chi connectivity index (χ0v) is 12.1. The van der Waals surface area contributed by atoms with E-state index in [0.29, 0.717) is 18.1 Å². The summed E-state index contributed by atoms with van der Waals surface area (Å²) >= 11 is 1.17. The fraction of sp³-hybridized carbons (Fsp3) is 0.385. The van der Waals surface area contributed by atoms with Crippen LogP contribution in [0.4, 0.5) is 19.0 Å².